The number of ether oxygens (including phenoxy) is 1. The second-order valence-corrected chi connectivity index (χ2v) is 4.26. The average Bonchev–Trinajstić information content (AvgIpc) is 2.96. The third-order valence-corrected chi connectivity index (χ3v) is 2.79. The molecule has 2 aromatic heterocycles. The van der Waals surface area contributed by atoms with Crippen molar-refractivity contribution in [2.75, 3.05) is 25.1 Å². The molecule has 106 valence electrons. The van der Waals surface area contributed by atoms with Crippen molar-refractivity contribution in [1.29, 1.82) is 0 Å². The number of oxazole rings is 1. The van der Waals surface area contributed by atoms with E-state index in [1.807, 2.05) is 24.1 Å². The number of carbonyl (C=O) groups excluding carboxylic acids is 1. The van der Waals surface area contributed by atoms with Crippen molar-refractivity contribution in [1.82, 2.24) is 9.97 Å². The third kappa shape index (κ3) is 3.57. The van der Waals surface area contributed by atoms with Gasteiger partial charge >= 0.3 is 5.97 Å². The van der Waals surface area contributed by atoms with Crippen LogP contribution in [0, 0.1) is 0 Å². The minimum absolute atomic E-state index is 0.192. The zero-order valence-corrected chi connectivity index (χ0v) is 11.6. The Hall–Kier alpha value is -2.37. The Morgan fingerprint density at radius 1 is 1.40 bits per heavy atom. The van der Waals surface area contributed by atoms with E-state index in [0.717, 1.165) is 13.0 Å². The van der Waals surface area contributed by atoms with Crippen LogP contribution in [0.5, 0.6) is 0 Å². The minimum atomic E-state index is -0.468. The normalized spacial score (nSPS) is 10.3. The highest BCUT2D eigenvalue weighted by atomic mass is 16.5. The summed E-state index contributed by atoms with van der Waals surface area (Å²) in [5, 5.41) is 0. The number of esters is 1. The molecule has 2 heterocycles. The molecule has 0 aromatic carbocycles. The number of anilines is 1. The lowest BCUT2D eigenvalue weighted by atomic mass is 10.2. The van der Waals surface area contributed by atoms with E-state index in [9.17, 15) is 4.79 Å². The molecule has 6 nitrogen and oxygen atoms in total. The van der Waals surface area contributed by atoms with Crippen LogP contribution in [0.15, 0.2) is 35.2 Å². The number of hydrogen-bond donors (Lipinski definition) is 0. The van der Waals surface area contributed by atoms with E-state index in [1.165, 1.54) is 11.8 Å². The van der Waals surface area contributed by atoms with Crippen molar-refractivity contribution in [3.63, 3.8) is 0 Å². The molecule has 2 aromatic rings. The van der Waals surface area contributed by atoms with Gasteiger partial charge in [0, 0.05) is 26.0 Å². The first kappa shape index (κ1) is 14.0. The number of aromatic nitrogens is 2. The minimum Gasteiger partial charge on any atom is -0.461 e. The van der Waals surface area contributed by atoms with Crippen LogP contribution >= 0.6 is 0 Å². The Labute approximate surface area is 117 Å². The first-order valence-electron chi connectivity index (χ1n) is 6.43. The molecule has 0 aliphatic heterocycles. The van der Waals surface area contributed by atoms with E-state index in [4.69, 9.17) is 9.15 Å². The summed E-state index contributed by atoms with van der Waals surface area (Å²) >= 11 is 0. The van der Waals surface area contributed by atoms with E-state index in [1.54, 1.807) is 19.3 Å². The molecule has 0 unspecified atom stereocenters. The first-order chi connectivity index (χ1) is 9.70. The Morgan fingerprint density at radius 3 is 2.85 bits per heavy atom. The molecule has 0 spiro atoms. The van der Waals surface area contributed by atoms with E-state index in [0.29, 0.717) is 12.6 Å². The summed E-state index contributed by atoms with van der Waals surface area (Å²) in [6.45, 7) is 2.80. The third-order valence-electron chi connectivity index (χ3n) is 2.79. The SMILES string of the molecule is CCOC(=O)c1coc(N(C)CCc2ccncc2)n1. The van der Waals surface area contributed by atoms with Gasteiger partial charge in [0.25, 0.3) is 6.01 Å². The number of hydrogen-bond acceptors (Lipinski definition) is 6. The van der Waals surface area contributed by atoms with Gasteiger partial charge in [0.15, 0.2) is 5.69 Å². The van der Waals surface area contributed by atoms with Crippen LogP contribution in [0.25, 0.3) is 0 Å². The Bertz CT molecular complexity index is 554. The fourth-order valence-corrected chi connectivity index (χ4v) is 1.68. The molecule has 0 N–H and O–H groups in total. The van der Waals surface area contributed by atoms with Gasteiger partial charge in [-0.2, -0.15) is 4.98 Å². The molecular weight excluding hydrogens is 258 g/mol. The standard InChI is InChI=1S/C14H17N3O3/c1-3-19-13(18)12-10-20-14(16-12)17(2)9-6-11-4-7-15-8-5-11/h4-5,7-8,10H,3,6,9H2,1-2H3. The molecule has 0 aliphatic carbocycles. The number of carbonyl (C=O) groups is 1. The molecule has 0 radical (unpaired) electrons. The smallest absolute Gasteiger partial charge is 0.360 e. The van der Waals surface area contributed by atoms with Gasteiger partial charge in [0.05, 0.1) is 6.61 Å². The van der Waals surface area contributed by atoms with Crippen LogP contribution in [0.3, 0.4) is 0 Å². The zero-order valence-electron chi connectivity index (χ0n) is 11.6. The van der Waals surface area contributed by atoms with Gasteiger partial charge in [0.2, 0.25) is 0 Å². The average molecular weight is 275 g/mol. The van der Waals surface area contributed by atoms with Crippen molar-refractivity contribution < 1.29 is 13.9 Å². The lowest BCUT2D eigenvalue weighted by Gasteiger charge is -2.13. The quantitative estimate of drug-likeness (QED) is 0.750. The summed E-state index contributed by atoms with van der Waals surface area (Å²) in [7, 11) is 1.86. The summed E-state index contributed by atoms with van der Waals surface area (Å²) < 4.78 is 10.1. The highest BCUT2D eigenvalue weighted by Gasteiger charge is 2.15. The molecular formula is C14H17N3O3. The number of pyridine rings is 1. The maximum absolute atomic E-state index is 11.5. The first-order valence-corrected chi connectivity index (χ1v) is 6.43. The Kier molecular flexibility index (Phi) is 4.70. The van der Waals surface area contributed by atoms with Gasteiger partial charge in [0.1, 0.15) is 6.26 Å². The van der Waals surface area contributed by atoms with Crippen molar-refractivity contribution in [2.24, 2.45) is 0 Å². The van der Waals surface area contributed by atoms with Gasteiger partial charge in [-0.05, 0) is 31.0 Å². The Morgan fingerprint density at radius 2 is 2.15 bits per heavy atom. The highest BCUT2D eigenvalue weighted by molar-refractivity contribution is 5.87. The maximum atomic E-state index is 11.5. The largest absolute Gasteiger partial charge is 0.461 e. The number of nitrogens with zero attached hydrogens (tertiary/aromatic N) is 3. The van der Waals surface area contributed by atoms with Gasteiger partial charge in [-0.3, -0.25) is 4.98 Å². The number of rotatable bonds is 6. The summed E-state index contributed by atoms with van der Waals surface area (Å²) in [5.74, 6) is -0.468. The maximum Gasteiger partial charge on any atom is 0.360 e. The van der Waals surface area contributed by atoms with Crippen molar-refractivity contribution in [2.45, 2.75) is 13.3 Å². The molecule has 0 aliphatic rings. The molecule has 0 amide bonds. The molecule has 0 fully saturated rings. The summed E-state index contributed by atoms with van der Waals surface area (Å²) in [6.07, 6.45) is 5.69. The second kappa shape index (κ2) is 6.70. The summed E-state index contributed by atoms with van der Waals surface area (Å²) in [4.78, 5) is 21.4. The molecule has 6 heteroatoms. The van der Waals surface area contributed by atoms with E-state index in [2.05, 4.69) is 9.97 Å². The van der Waals surface area contributed by atoms with Gasteiger partial charge in [-0.25, -0.2) is 4.79 Å². The lowest BCUT2D eigenvalue weighted by molar-refractivity contribution is 0.0519. The van der Waals surface area contributed by atoms with Crippen molar-refractivity contribution in [3.05, 3.63) is 42.0 Å². The topological polar surface area (TPSA) is 68.5 Å². The summed E-state index contributed by atoms with van der Waals surface area (Å²) in [5.41, 5.74) is 1.38. The van der Waals surface area contributed by atoms with Gasteiger partial charge in [-0.15, -0.1) is 0 Å². The molecule has 2 rings (SSSR count). The van der Waals surface area contributed by atoms with Crippen LogP contribution in [-0.4, -0.2) is 36.1 Å². The molecule has 20 heavy (non-hydrogen) atoms. The van der Waals surface area contributed by atoms with E-state index >= 15 is 0 Å². The zero-order chi connectivity index (χ0) is 14.4. The second-order valence-electron chi connectivity index (χ2n) is 4.26. The monoisotopic (exact) mass is 275 g/mol. The van der Waals surface area contributed by atoms with Crippen LogP contribution in [-0.2, 0) is 11.2 Å². The fourth-order valence-electron chi connectivity index (χ4n) is 1.68. The van der Waals surface area contributed by atoms with Crippen LogP contribution in [0.1, 0.15) is 23.0 Å². The van der Waals surface area contributed by atoms with Crippen LogP contribution < -0.4 is 4.90 Å². The molecule has 0 saturated carbocycles. The van der Waals surface area contributed by atoms with E-state index < -0.39 is 5.97 Å². The van der Waals surface area contributed by atoms with Crippen LogP contribution in [0.2, 0.25) is 0 Å². The molecule has 0 saturated heterocycles. The highest BCUT2D eigenvalue weighted by Crippen LogP contribution is 2.13. The fraction of sp³-hybridized carbons (Fsp3) is 0.357. The lowest BCUT2D eigenvalue weighted by Crippen LogP contribution is -2.20. The van der Waals surface area contributed by atoms with Crippen LogP contribution in [0.4, 0.5) is 6.01 Å². The Balaban J connectivity index is 1.92. The summed E-state index contributed by atoms with van der Waals surface area (Å²) in [6, 6.07) is 4.34. The molecule has 0 atom stereocenters. The molecule has 0 bridgehead atoms. The van der Waals surface area contributed by atoms with Crippen molar-refractivity contribution in [3.8, 4) is 0 Å². The van der Waals surface area contributed by atoms with Gasteiger partial charge < -0.3 is 14.1 Å². The van der Waals surface area contributed by atoms with Crippen molar-refractivity contribution >= 4 is 12.0 Å². The van der Waals surface area contributed by atoms with Gasteiger partial charge in [-0.1, -0.05) is 0 Å². The van der Waals surface area contributed by atoms with E-state index in [-0.39, 0.29) is 5.69 Å². The number of likely N-dealkylation sites (N-methyl/N-ethyl adjacent to an activating group) is 1. The predicted molar refractivity (Wildman–Crippen MR) is 73.7 cm³/mol. The predicted octanol–water partition coefficient (Wildman–Crippen LogP) is 1.93.